The van der Waals surface area contributed by atoms with E-state index in [-0.39, 0.29) is 17.5 Å². The fourth-order valence-corrected chi connectivity index (χ4v) is 3.13. The van der Waals surface area contributed by atoms with Crippen LogP contribution in [0.3, 0.4) is 0 Å². The Balaban J connectivity index is 2.38. The maximum Gasteiger partial charge on any atom is 0.127 e. The summed E-state index contributed by atoms with van der Waals surface area (Å²) >= 11 is 6.28. The van der Waals surface area contributed by atoms with Gasteiger partial charge in [0.2, 0.25) is 0 Å². The van der Waals surface area contributed by atoms with Crippen LogP contribution < -0.4 is 5.32 Å². The minimum Gasteiger partial charge on any atom is -0.373 e. The highest BCUT2D eigenvalue weighted by Gasteiger charge is 2.40. The molecular weight excluding hydrogens is 277 g/mol. The summed E-state index contributed by atoms with van der Waals surface area (Å²) in [5.74, 6) is -0.259. The van der Waals surface area contributed by atoms with Gasteiger partial charge in [0.1, 0.15) is 5.82 Å². The van der Waals surface area contributed by atoms with Crippen LogP contribution in [0.5, 0.6) is 0 Å². The Kier molecular flexibility index (Phi) is 5.05. The Labute approximate surface area is 125 Å². The number of nitrogens with one attached hydrogen (secondary N) is 1. The second-order valence-corrected chi connectivity index (χ2v) is 6.18. The van der Waals surface area contributed by atoms with Crippen LogP contribution in [0.2, 0.25) is 5.02 Å². The molecule has 0 saturated carbocycles. The van der Waals surface area contributed by atoms with Gasteiger partial charge in [-0.25, -0.2) is 4.39 Å². The first kappa shape index (κ1) is 15.7. The molecule has 1 fully saturated rings. The van der Waals surface area contributed by atoms with Gasteiger partial charge in [0, 0.05) is 11.6 Å². The second kappa shape index (κ2) is 6.42. The van der Waals surface area contributed by atoms with Gasteiger partial charge in [-0.3, -0.25) is 0 Å². The predicted molar refractivity (Wildman–Crippen MR) is 80.8 cm³/mol. The maximum absolute atomic E-state index is 13.6. The van der Waals surface area contributed by atoms with Gasteiger partial charge < -0.3 is 10.1 Å². The van der Waals surface area contributed by atoms with Gasteiger partial charge in [0.25, 0.3) is 0 Å². The molecule has 0 aromatic heterocycles. The molecule has 0 amide bonds. The fourth-order valence-electron chi connectivity index (χ4n) is 2.87. The molecule has 1 aromatic rings. The number of hydrogen-bond acceptors (Lipinski definition) is 2. The highest BCUT2D eigenvalue weighted by Crippen LogP contribution is 2.40. The van der Waals surface area contributed by atoms with Gasteiger partial charge in [-0.2, -0.15) is 0 Å². The van der Waals surface area contributed by atoms with Crippen molar-refractivity contribution in [1.29, 1.82) is 0 Å². The molecule has 2 nitrogen and oxygen atoms in total. The third kappa shape index (κ3) is 3.16. The van der Waals surface area contributed by atoms with Crippen LogP contribution in [0.15, 0.2) is 12.1 Å². The lowest BCUT2D eigenvalue weighted by Crippen LogP contribution is -2.41. The number of benzene rings is 1. The molecule has 4 heteroatoms. The van der Waals surface area contributed by atoms with E-state index in [0.717, 1.165) is 38.0 Å². The molecule has 20 heavy (non-hydrogen) atoms. The van der Waals surface area contributed by atoms with Crippen molar-refractivity contribution in [2.75, 3.05) is 13.2 Å². The van der Waals surface area contributed by atoms with Crippen molar-refractivity contribution in [3.63, 3.8) is 0 Å². The molecule has 1 aromatic carbocycles. The summed E-state index contributed by atoms with van der Waals surface area (Å²) in [6.07, 6.45) is 3.07. The van der Waals surface area contributed by atoms with Crippen LogP contribution >= 0.6 is 11.6 Å². The predicted octanol–water partition coefficient (Wildman–Crippen LogP) is 4.40. The van der Waals surface area contributed by atoms with E-state index in [4.69, 9.17) is 16.3 Å². The summed E-state index contributed by atoms with van der Waals surface area (Å²) in [5.41, 5.74) is 1.28. The van der Waals surface area contributed by atoms with Gasteiger partial charge in [0.15, 0.2) is 0 Å². The van der Waals surface area contributed by atoms with Crippen LogP contribution in [-0.2, 0) is 4.74 Å². The smallest absolute Gasteiger partial charge is 0.127 e. The SMILES string of the molecule is CCCNC(c1cc(C)c(F)cc1Cl)C1(C)CCCO1. The van der Waals surface area contributed by atoms with Crippen molar-refractivity contribution in [2.24, 2.45) is 0 Å². The first-order chi connectivity index (χ1) is 9.48. The number of hydrogen-bond donors (Lipinski definition) is 1. The Morgan fingerprint density at radius 3 is 2.85 bits per heavy atom. The molecule has 1 saturated heterocycles. The van der Waals surface area contributed by atoms with Gasteiger partial charge in [-0.15, -0.1) is 0 Å². The number of rotatable bonds is 5. The molecule has 2 unspecified atom stereocenters. The van der Waals surface area contributed by atoms with E-state index in [9.17, 15) is 4.39 Å². The molecule has 2 atom stereocenters. The highest BCUT2D eigenvalue weighted by atomic mass is 35.5. The number of aryl methyl sites for hydroxylation is 1. The van der Waals surface area contributed by atoms with Crippen LogP contribution in [0.4, 0.5) is 4.39 Å². The second-order valence-electron chi connectivity index (χ2n) is 5.77. The van der Waals surface area contributed by atoms with Crippen LogP contribution in [0.25, 0.3) is 0 Å². The number of halogens is 2. The first-order valence-electron chi connectivity index (χ1n) is 7.31. The molecule has 2 rings (SSSR count). The number of ether oxygens (including phenoxy) is 1. The fraction of sp³-hybridized carbons (Fsp3) is 0.625. The zero-order valence-electron chi connectivity index (χ0n) is 12.4. The third-order valence-corrected chi connectivity index (χ3v) is 4.37. The highest BCUT2D eigenvalue weighted by molar-refractivity contribution is 6.31. The molecule has 0 spiro atoms. The summed E-state index contributed by atoms with van der Waals surface area (Å²) in [6.45, 7) is 7.67. The summed E-state index contributed by atoms with van der Waals surface area (Å²) in [6, 6.07) is 3.25. The van der Waals surface area contributed by atoms with Crippen molar-refractivity contribution in [2.45, 2.75) is 51.7 Å². The van der Waals surface area contributed by atoms with Crippen molar-refractivity contribution < 1.29 is 9.13 Å². The molecule has 1 aliphatic rings. The Bertz CT molecular complexity index is 472. The van der Waals surface area contributed by atoms with Crippen molar-refractivity contribution in [3.05, 3.63) is 34.1 Å². The van der Waals surface area contributed by atoms with Gasteiger partial charge in [-0.05, 0) is 56.8 Å². The zero-order chi connectivity index (χ0) is 14.8. The Morgan fingerprint density at radius 1 is 1.50 bits per heavy atom. The Morgan fingerprint density at radius 2 is 2.25 bits per heavy atom. The summed E-state index contributed by atoms with van der Waals surface area (Å²) in [5, 5.41) is 3.99. The van der Waals surface area contributed by atoms with E-state index in [2.05, 4.69) is 19.2 Å². The van der Waals surface area contributed by atoms with E-state index >= 15 is 0 Å². The molecule has 0 bridgehead atoms. The van der Waals surface area contributed by atoms with E-state index < -0.39 is 0 Å². The first-order valence-corrected chi connectivity index (χ1v) is 7.68. The molecule has 112 valence electrons. The Hall–Kier alpha value is -0.640. The minimum absolute atomic E-state index is 0.00301. The van der Waals surface area contributed by atoms with E-state index in [1.165, 1.54) is 6.07 Å². The molecular formula is C16H23ClFNO. The largest absolute Gasteiger partial charge is 0.373 e. The molecule has 1 aliphatic heterocycles. The quantitative estimate of drug-likeness (QED) is 0.870. The maximum atomic E-state index is 13.6. The van der Waals surface area contributed by atoms with Crippen molar-refractivity contribution >= 4 is 11.6 Å². The standard InChI is InChI=1S/C16H23ClFNO/c1-4-7-19-15(16(3)6-5-8-20-16)12-9-11(2)14(18)10-13(12)17/h9-10,15,19H,4-8H2,1-3H3. The van der Waals surface area contributed by atoms with E-state index in [0.29, 0.717) is 10.6 Å². The monoisotopic (exact) mass is 299 g/mol. The van der Waals surface area contributed by atoms with Crippen LogP contribution in [0, 0.1) is 12.7 Å². The van der Waals surface area contributed by atoms with Gasteiger partial charge in [0.05, 0.1) is 11.6 Å². The molecule has 1 N–H and O–H groups in total. The topological polar surface area (TPSA) is 21.3 Å². The van der Waals surface area contributed by atoms with Crippen LogP contribution in [0.1, 0.15) is 50.3 Å². The minimum atomic E-state index is -0.275. The normalized spacial score (nSPS) is 24.1. The lowest BCUT2D eigenvalue weighted by atomic mass is 9.87. The summed E-state index contributed by atoms with van der Waals surface area (Å²) < 4.78 is 19.6. The van der Waals surface area contributed by atoms with Crippen LogP contribution in [-0.4, -0.2) is 18.8 Å². The molecule has 1 heterocycles. The van der Waals surface area contributed by atoms with Crippen molar-refractivity contribution in [1.82, 2.24) is 5.32 Å². The summed E-state index contributed by atoms with van der Waals surface area (Å²) in [7, 11) is 0. The lowest BCUT2D eigenvalue weighted by Gasteiger charge is -2.35. The van der Waals surface area contributed by atoms with Crippen molar-refractivity contribution in [3.8, 4) is 0 Å². The van der Waals surface area contributed by atoms with E-state index in [1.807, 2.05) is 6.07 Å². The van der Waals surface area contributed by atoms with Gasteiger partial charge >= 0.3 is 0 Å². The molecule has 0 aliphatic carbocycles. The molecule has 0 radical (unpaired) electrons. The average Bonchev–Trinajstić information content (AvgIpc) is 2.83. The lowest BCUT2D eigenvalue weighted by molar-refractivity contribution is -0.0124. The average molecular weight is 300 g/mol. The third-order valence-electron chi connectivity index (χ3n) is 4.05. The zero-order valence-corrected chi connectivity index (χ0v) is 13.2. The summed E-state index contributed by atoms with van der Waals surface area (Å²) in [4.78, 5) is 0. The van der Waals surface area contributed by atoms with Gasteiger partial charge in [-0.1, -0.05) is 24.6 Å². The van der Waals surface area contributed by atoms with E-state index in [1.54, 1.807) is 6.92 Å².